The second-order valence-corrected chi connectivity index (χ2v) is 9.58. The van der Waals surface area contributed by atoms with Crippen molar-refractivity contribution in [3.05, 3.63) is 34.9 Å². The zero-order chi connectivity index (χ0) is 22.7. The first-order valence-electron chi connectivity index (χ1n) is 11.7. The molecule has 4 atom stereocenters. The van der Waals surface area contributed by atoms with Crippen molar-refractivity contribution in [2.24, 2.45) is 0 Å². The molecular formula is C23H27N5O5. The van der Waals surface area contributed by atoms with Gasteiger partial charge in [-0.1, -0.05) is 12.1 Å². The van der Waals surface area contributed by atoms with E-state index in [4.69, 9.17) is 4.74 Å². The van der Waals surface area contributed by atoms with Crippen molar-refractivity contribution in [2.45, 2.75) is 56.6 Å². The Morgan fingerprint density at radius 1 is 1.09 bits per heavy atom. The number of hydrogen-bond acceptors (Lipinski definition) is 7. The number of piperidine rings is 1. The number of nitrogens with zero attached hydrogens (tertiary/aromatic N) is 3. The van der Waals surface area contributed by atoms with Gasteiger partial charge >= 0.3 is 6.09 Å². The number of amides is 4. The molecule has 174 valence electrons. The first-order valence-corrected chi connectivity index (χ1v) is 11.7. The maximum absolute atomic E-state index is 13.1. The lowest BCUT2D eigenvalue weighted by Gasteiger charge is -2.29. The van der Waals surface area contributed by atoms with Crippen LogP contribution in [0.4, 0.5) is 4.79 Å². The summed E-state index contributed by atoms with van der Waals surface area (Å²) in [5, 5.41) is 5.65. The zero-order valence-electron chi connectivity index (χ0n) is 18.3. The van der Waals surface area contributed by atoms with E-state index in [2.05, 4.69) is 15.5 Å². The molecule has 33 heavy (non-hydrogen) atoms. The fourth-order valence-corrected chi connectivity index (χ4v) is 6.01. The van der Waals surface area contributed by atoms with Gasteiger partial charge in [-0.3, -0.25) is 29.5 Å². The third kappa shape index (κ3) is 3.39. The van der Waals surface area contributed by atoms with Crippen LogP contribution in [0.2, 0.25) is 0 Å². The number of carbonyl (C=O) groups is 4. The molecule has 4 fully saturated rings. The summed E-state index contributed by atoms with van der Waals surface area (Å²) in [6.07, 6.45) is 1.25. The molecule has 0 spiro atoms. The molecule has 10 heteroatoms. The minimum absolute atomic E-state index is 0.0479. The highest BCUT2D eigenvalue weighted by molar-refractivity contribution is 6.05. The number of carbonyl (C=O) groups excluding carboxylic acids is 4. The van der Waals surface area contributed by atoms with Crippen LogP contribution in [0.5, 0.6) is 0 Å². The summed E-state index contributed by atoms with van der Waals surface area (Å²) >= 11 is 0. The van der Waals surface area contributed by atoms with Crippen molar-refractivity contribution in [1.29, 1.82) is 0 Å². The molecule has 0 aromatic heterocycles. The van der Waals surface area contributed by atoms with E-state index in [1.807, 2.05) is 23.1 Å². The Morgan fingerprint density at radius 3 is 2.82 bits per heavy atom. The van der Waals surface area contributed by atoms with Gasteiger partial charge in [0.2, 0.25) is 11.8 Å². The average molecular weight is 453 g/mol. The molecule has 0 aliphatic carbocycles. The molecule has 0 bridgehead atoms. The Bertz CT molecular complexity index is 1040. The summed E-state index contributed by atoms with van der Waals surface area (Å²) < 4.78 is 5.53. The van der Waals surface area contributed by atoms with Gasteiger partial charge in [0.05, 0.1) is 6.04 Å². The van der Waals surface area contributed by atoms with Crippen LogP contribution in [-0.2, 0) is 27.4 Å². The summed E-state index contributed by atoms with van der Waals surface area (Å²) in [6, 6.07) is 5.37. The van der Waals surface area contributed by atoms with Crippen LogP contribution in [0, 0.1) is 0 Å². The first kappa shape index (κ1) is 20.6. The van der Waals surface area contributed by atoms with Crippen LogP contribution in [0.25, 0.3) is 0 Å². The molecule has 5 heterocycles. The third-order valence-corrected chi connectivity index (χ3v) is 7.66. The Labute approximate surface area is 191 Å². The van der Waals surface area contributed by atoms with Gasteiger partial charge in [0.15, 0.2) is 0 Å². The number of imide groups is 1. The van der Waals surface area contributed by atoms with E-state index < -0.39 is 11.9 Å². The van der Waals surface area contributed by atoms with E-state index in [0.29, 0.717) is 25.1 Å². The number of nitrogens with one attached hydrogen (secondary N) is 2. The number of hydrogen-bond donors (Lipinski definition) is 2. The van der Waals surface area contributed by atoms with Crippen LogP contribution >= 0.6 is 0 Å². The molecule has 2 N–H and O–H groups in total. The Morgan fingerprint density at radius 2 is 1.97 bits per heavy atom. The number of ether oxygens (including phenoxy) is 1. The molecule has 4 amide bonds. The minimum Gasteiger partial charge on any atom is -0.442 e. The van der Waals surface area contributed by atoms with Crippen molar-refractivity contribution in [3.8, 4) is 0 Å². The lowest BCUT2D eigenvalue weighted by Crippen LogP contribution is -2.52. The topological polar surface area (TPSA) is 111 Å². The second kappa shape index (κ2) is 7.81. The molecule has 0 saturated carbocycles. The molecule has 1 aromatic rings. The molecule has 4 saturated heterocycles. The van der Waals surface area contributed by atoms with Crippen LogP contribution in [0.15, 0.2) is 18.2 Å². The van der Waals surface area contributed by atoms with Crippen LogP contribution in [0.1, 0.15) is 40.7 Å². The number of likely N-dealkylation sites (tertiary alicyclic amines) is 1. The van der Waals surface area contributed by atoms with Gasteiger partial charge in [-0.05, 0) is 30.0 Å². The van der Waals surface area contributed by atoms with Crippen molar-refractivity contribution in [2.75, 3.05) is 26.2 Å². The Balaban J connectivity index is 1.16. The van der Waals surface area contributed by atoms with Crippen molar-refractivity contribution in [1.82, 2.24) is 25.3 Å². The maximum atomic E-state index is 13.1. The summed E-state index contributed by atoms with van der Waals surface area (Å²) in [5.74, 6) is -0.833. The molecule has 2 unspecified atom stereocenters. The standard InChI is InChI=1S/C23H27N5O5/c29-20-5-4-17(21(30)25-20)27-12-16-13(2-1-3-15(16)22(27)31)10-26-7-6-14(11-26)28-18-8-24-9-19(18)33-23(28)32/h1-3,14,17-19,24H,4-12H2,(H,25,29,30)/t14?,17?,18-,19+/m0/s1. The third-order valence-electron chi connectivity index (χ3n) is 7.66. The van der Waals surface area contributed by atoms with E-state index in [0.717, 1.165) is 43.7 Å². The second-order valence-electron chi connectivity index (χ2n) is 9.58. The summed E-state index contributed by atoms with van der Waals surface area (Å²) in [6.45, 7) is 4.20. The SMILES string of the molecule is O=C1CCC(N2Cc3c(CN4CCC(N5C(=O)O[C@@H]6CNC[C@@H]65)C4)cccc3C2=O)C(=O)N1. The number of benzene rings is 1. The zero-order valence-corrected chi connectivity index (χ0v) is 18.3. The molecule has 6 rings (SSSR count). The number of fused-ring (bicyclic) bond motifs is 2. The van der Waals surface area contributed by atoms with Gasteiger partial charge < -0.3 is 15.0 Å². The van der Waals surface area contributed by atoms with Gasteiger partial charge in [-0.15, -0.1) is 0 Å². The molecule has 1 aromatic carbocycles. The van der Waals surface area contributed by atoms with Gasteiger partial charge in [-0.25, -0.2) is 4.79 Å². The van der Waals surface area contributed by atoms with Crippen molar-refractivity contribution >= 4 is 23.8 Å². The fourth-order valence-electron chi connectivity index (χ4n) is 6.01. The van der Waals surface area contributed by atoms with Gasteiger partial charge in [0, 0.05) is 57.3 Å². The fraction of sp³-hybridized carbons (Fsp3) is 0.565. The van der Waals surface area contributed by atoms with E-state index >= 15 is 0 Å². The highest BCUT2D eigenvalue weighted by Crippen LogP contribution is 2.32. The average Bonchev–Trinajstić information content (AvgIpc) is 3.54. The summed E-state index contributed by atoms with van der Waals surface area (Å²) in [4.78, 5) is 55.2. The minimum atomic E-state index is -0.610. The van der Waals surface area contributed by atoms with Gasteiger partial charge in [0.25, 0.3) is 5.91 Å². The van der Waals surface area contributed by atoms with E-state index in [1.165, 1.54) is 0 Å². The summed E-state index contributed by atoms with van der Waals surface area (Å²) in [5.41, 5.74) is 2.66. The lowest BCUT2D eigenvalue weighted by molar-refractivity contribution is -0.136. The number of rotatable bonds is 4. The van der Waals surface area contributed by atoms with E-state index in [1.54, 1.807) is 4.90 Å². The monoisotopic (exact) mass is 453 g/mol. The predicted octanol–water partition coefficient (Wildman–Crippen LogP) is -0.185. The van der Waals surface area contributed by atoms with Crippen molar-refractivity contribution in [3.63, 3.8) is 0 Å². The molecular weight excluding hydrogens is 426 g/mol. The first-order chi connectivity index (χ1) is 16.0. The quantitative estimate of drug-likeness (QED) is 0.608. The van der Waals surface area contributed by atoms with E-state index in [-0.39, 0.29) is 42.5 Å². The normalized spacial score (nSPS) is 31.8. The summed E-state index contributed by atoms with van der Waals surface area (Å²) in [7, 11) is 0. The maximum Gasteiger partial charge on any atom is 0.410 e. The smallest absolute Gasteiger partial charge is 0.410 e. The van der Waals surface area contributed by atoms with E-state index in [9.17, 15) is 19.2 Å². The molecule has 5 aliphatic rings. The van der Waals surface area contributed by atoms with Crippen LogP contribution in [0.3, 0.4) is 0 Å². The molecule has 5 aliphatic heterocycles. The predicted molar refractivity (Wildman–Crippen MR) is 115 cm³/mol. The molecule has 10 nitrogen and oxygen atoms in total. The van der Waals surface area contributed by atoms with Gasteiger partial charge in [-0.2, -0.15) is 0 Å². The highest BCUT2D eigenvalue weighted by atomic mass is 16.6. The van der Waals surface area contributed by atoms with Crippen molar-refractivity contribution < 1.29 is 23.9 Å². The van der Waals surface area contributed by atoms with Crippen LogP contribution < -0.4 is 10.6 Å². The van der Waals surface area contributed by atoms with Gasteiger partial charge in [0.1, 0.15) is 12.1 Å². The Hall–Kier alpha value is -2.98. The Kier molecular flexibility index (Phi) is 4.88. The molecule has 0 radical (unpaired) electrons. The highest BCUT2D eigenvalue weighted by Gasteiger charge is 2.49. The lowest BCUT2D eigenvalue weighted by atomic mass is 10.0. The largest absolute Gasteiger partial charge is 0.442 e. The van der Waals surface area contributed by atoms with Crippen LogP contribution in [-0.4, -0.2) is 88.9 Å².